The Kier molecular flexibility index (Phi) is 3.23. The Morgan fingerprint density at radius 2 is 1.71 bits per heavy atom. The number of rotatable bonds is 3. The van der Waals surface area contributed by atoms with Gasteiger partial charge in [0.2, 0.25) is 10.0 Å². The zero-order chi connectivity index (χ0) is 15.1. The van der Waals surface area contributed by atoms with Gasteiger partial charge in [0.1, 0.15) is 0 Å². The SMILES string of the molecule is C=C[C@H](c1ccccc1)[C@]1(C)NS(=O)(=O)c2ccccc21. The van der Waals surface area contributed by atoms with Crippen LogP contribution in [-0.2, 0) is 15.6 Å². The molecule has 108 valence electrons. The molecule has 2 aromatic carbocycles. The molecule has 21 heavy (non-hydrogen) atoms. The predicted molar refractivity (Wildman–Crippen MR) is 83.5 cm³/mol. The van der Waals surface area contributed by atoms with Crippen LogP contribution in [0.1, 0.15) is 24.0 Å². The first kappa shape index (κ1) is 14.0. The van der Waals surface area contributed by atoms with Crippen molar-refractivity contribution in [3.05, 3.63) is 78.4 Å². The molecule has 1 aliphatic heterocycles. The van der Waals surface area contributed by atoms with Gasteiger partial charge in [0.05, 0.1) is 10.4 Å². The number of nitrogens with one attached hydrogen (secondary N) is 1. The van der Waals surface area contributed by atoms with Crippen LogP contribution in [0.15, 0.2) is 72.1 Å². The highest BCUT2D eigenvalue weighted by molar-refractivity contribution is 7.89. The summed E-state index contributed by atoms with van der Waals surface area (Å²) >= 11 is 0. The van der Waals surface area contributed by atoms with Gasteiger partial charge in [0.15, 0.2) is 0 Å². The Balaban J connectivity index is 2.20. The highest BCUT2D eigenvalue weighted by atomic mass is 32.2. The van der Waals surface area contributed by atoms with Crippen molar-refractivity contribution in [1.29, 1.82) is 0 Å². The standard InChI is InChI=1S/C17H17NO2S/c1-3-14(13-9-5-4-6-10-13)17(2)15-11-7-8-12-16(15)21(19,20)18-17/h3-12,14,18H,1H2,2H3/t14-,17+/m1/s1. The summed E-state index contributed by atoms with van der Waals surface area (Å²) in [5.74, 6) is -0.142. The molecule has 1 aliphatic rings. The summed E-state index contributed by atoms with van der Waals surface area (Å²) in [5, 5.41) is 0. The van der Waals surface area contributed by atoms with E-state index in [2.05, 4.69) is 11.3 Å². The summed E-state index contributed by atoms with van der Waals surface area (Å²) < 4.78 is 27.6. The molecule has 1 heterocycles. The molecular weight excluding hydrogens is 282 g/mol. The van der Waals surface area contributed by atoms with Crippen molar-refractivity contribution in [3.63, 3.8) is 0 Å². The average Bonchev–Trinajstić information content (AvgIpc) is 2.69. The van der Waals surface area contributed by atoms with E-state index < -0.39 is 15.6 Å². The van der Waals surface area contributed by atoms with Crippen LogP contribution in [0.3, 0.4) is 0 Å². The van der Waals surface area contributed by atoms with E-state index in [1.807, 2.05) is 49.4 Å². The molecule has 4 heteroatoms. The van der Waals surface area contributed by atoms with E-state index >= 15 is 0 Å². The van der Waals surface area contributed by atoms with Gasteiger partial charge >= 0.3 is 0 Å². The quantitative estimate of drug-likeness (QED) is 0.885. The minimum absolute atomic E-state index is 0.142. The lowest BCUT2D eigenvalue weighted by atomic mass is 9.76. The first-order valence-electron chi connectivity index (χ1n) is 6.80. The molecule has 0 radical (unpaired) electrons. The van der Waals surface area contributed by atoms with E-state index in [4.69, 9.17) is 0 Å². The van der Waals surface area contributed by atoms with Crippen LogP contribution in [0.2, 0.25) is 0 Å². The number of sulfonamides is 1. The van der Waals surface area contributed by atoms with E-state index in [9.17, 15) is 8.42 Å². The molecule has 1 N–H and O–H groups in total. The summed E-state index contributed by atoms with van der Waals surface area (Å²) in [6, 6.07) is 17.0. The van der Waals surface area contributed by atoms with Crippen LogP contribution < -0.4 is 4.72 Å². The van der Waals surface area contributed by atoms with Crippen molar-refractivity contribution in [2.75, 3.05) is 0 Å². The fourth-order valence-electron chi connectivity index (χ4n) is 3.12. The number of fused-ring (bicyclic) bond motifs is 1. The Hall–Kier alpha value is -1.91. The molecule has 0 fully saturated rings. The van der Waals surface area contributed by atoms with Crippen LogP contribution in [0.25, 0.3) is 0 Å². The lowest BCUT2D eigenvalue weighted by Crippen LogP contribution is -2.41. The number of hydrogen-bond acceptors (Lipinski definition) is 2. The molecule has 0 unspecified atom stereocenters. The topological polar surface area (TPSA) is 46.2 Å². The fourth-order valence-corrected chi connectivity index (χ4v) is 4.85. The summed E-state index contributed by atoms with van der Waals surface area (Å²) in [6.45, 7) is 5.83. The highest BCUT2D eigenvalue weighted by Crippen LogP contribution is 2.45. The molecule has 3 nitrogen and oxygen atoms in total. The molecule has 0 amide bonds. The normalized spacial score (nSPS) is 24.2. The second-order valence-electron chi connectivity index (χ2n) is 5.43. The minimum atomic E-state index is -3.47. The fraction of sp³-hybridized carbons (Fsp3) is 0.176. The molecule has 3 rings (SSSR count). The molecule has 0 saturated heterocycles. The largest absolute Gasteiger partial charge is 0.241 e. The van der Waals surface area contributed by atoms with Crippen LogP contribution in [0.5, 0.6) is 0 Å². The smallest absolute Gasteiger partial charge is 0.207 e. The average molecular weight is 299 g/mol. The molecule has 0 aliphatic carbocycles. The Labute approximate surface area is 125 Å². The summed E-state index contributed by atoms with van der Waals surface area (Å²) in [5.41, 5.74) is 1.10. The van der Waals surface area contributed by atoms with Crippen molar-refractivity contribution >= 4 is 10.0 Å². The van der Waals surface area contributed by atoms with Crippen LogP contribution in [-0.4, -0.2) is 8.42 Å². The van der Waals surface area contributed by atoms with Crippen LogP contribution in [0, 0.1) is 0 Å². The van der Waals surface area contributed by atoms with E-state index in [0.29, 0.717) is 4.90 Å². The molecule has 0 saturated carbocycles. The lowest BCUT2D eigenvalue weighted by molar-refractivity contribution is 0.404. The van der Waals surface area contributed by atoms with Gasteiger partial charge in [-0.05, 0) is 24.1 Å². The lowest BCUT2D eigenvalue weighted by Gasteiger charge is -2.32. The maximum atomic E-state index is 12.4. The van der Waals surface area contributed by atoms with Gasteiger partial charge in [-0.3, -0.25) is 0 Å². The minimum Gasteiger partial charge on any atom is -0.207 e. The van der Waals surface area contributed by atoms with Crippen molar-refractivity contribution in [1.82, 2.24) is 4.72 Å². The van der Waals surface area contributed by atoms with Crippen molar-refractivity contribution in [2.45, 2.75) is 23.3 Å². The third-order valence-electron chi connectivity index (χ3n) is 4.10. The third kappa shape index (κ3) is 2.11. The van der Waals surface area contributed by atoms with Gasteiger partial charge in [-0.25, -0.2) is 8.42 Å². The van der Waals surface area contributed by atoms with Gasteiger partial charge in [0, 0.05) is 5.92 Å². The number of benzene rings is 2. The Bertz CT molecular complexity index is 783. The van der Waals surface area contributed by atoms with Crippen molar-refractivity contribution < 1.29 is 8.42 Å². The van der Waals surface area contributed by atoms with Crippen LogP contribution in [0.4, 0.5) is 0 Å². The molecular formula is C17H17NO2S. The summed E-state index contributed by atoms with van der Waals surface area (Å²) in [6.07, 6.45) is 1.81. The summed E-state index contributed by atoms with van der Waals surface area (Å²) in [7, 11) is -3.47. The molecule has 0 aromatic heterocycles. The Morgan fingerprint density at radius 1 is 1.10 bits per heavy atom. The van der Waals surface area contributed by atoms with Gasteiger partial charge in [0.25, 0.3) is 0 Å². The molecule has 2 atom stereocenters. The first-order chi connectivity index (χ1) is 9.99. The molecule has 0 bridgehead atoms. The van der Waals surface area contributed by atoms with E-state index in [-0.39, 0.29) is 5.92 Å². The van der Waals surface area contributed by atoms with E-state index in [0.717, 1.165) is 11.1 Å². The van der Waals surface area contributed by atoms with Gasteiger partial charge in [-0.1, -0.05) is 54.6 Å². The highest BCUT2D eigenvalue weighted by Gasteiger charge is 2.47. The zero-order valence-corrected chi connectivity index (χ0v) is 12.6. The van der Waals surface area contributed by atoms with Crippen molar-refractivity contribution in [3.8, 4) is 0 Å². The van der Waals surface area contributed by atoms with Crippen LogP contribution >= 0.6 is 0 Å². The number of hydrogen-bond donors (Lipinski definition) is 1. The second-order valence-corrected chi connectivity index (χ2v) is 7.08. The molecule has 0 spiro atoms. The van der Waals surface area contributed by atoms with Gasteiger partial charge in [-0.2, -0.15) is 4.72 Å². The summed E-state index contributed by atoms with van der Waals surface area (Å²) in [4.78, 5) is 0.357. The zero-order valence-electron chi connectivity index (χ0n) is 11.8. The maximum Gasteiger partial charge on any atom is 0.241 e. The van der Waals surface area contributed by atoms with E-state index in [1.165, 1.54) is 0 Å². The first-order valence-corrected chi connectivity index (χ1v) is 8.28. The monoisotopic (exact) mass is 299 g/mol. The maximum absolute atomic E-state index is 12.4. The predicted octanol–water partition coefficient (Wildman–Crippen LogP) is 3.16. The van der Waals surface area contributed by atoms with Crippen molar-refractivity contribution in [2.24, 2.45) is 0 Å². The molecule has 2 aromatic rings. The Morgan fingerprint density at radius 3 is 2.38 bits per heavy atom. The third-order valence-corrected chi connectivity index (χ3v) is 5.73. The second kappa shape index (κ2) is 4.83. The van der Waals surface area contributed by atoms with Gasteiger partial charge in [-0.15, -0.1) is 6.58 Å². The van der Waals surface area contributed by atoms with Gasteiger partial charge < -0.3 is 0 Å². The van der Waals surface area contributed by atoms with E-state index in [1.54, 1.807) is 18.2 Å².